The van der Waals surface area contributed by atoms with Crippen LogP contribution in [0.15, 0.2) is 0 Å². The Kier molecular flexibility index (Phi) is 3.63. The molecule has 6 nitrogen and oxygen atoms in total. The Balaban J connectivity index is 2.13. The summed E-state index contributed by atoms with van der Waals surface area (Å²) in [7, 11) is 0. The average Bonchev–Trinajstić information content (AvgIpc) is 2.67. The summed E-state index contributed by atoms with van der Waals surface area (Å²) in [6, 6.07) is -0.473. The van der Waals surface area contributed by atoms with Crippen LogP contribution in [0.1, 0.15) is 24.1 Å². The number of imidazole rings is 1. The molecule has 0 bridgehead atoms. The number of aryl methyl sites for hydroxylation is 1. The molecule has 17 heavy (non-hydrogen) atoms. The monoisotopic (exact) mass is 237 g/mol. The summed E-state index contributed by atoms with van der Waals surface area (Å²) in [4.78, 5) is 15.3. The number of hydrogen-bond acceptors (Lipinski definition) is 3. The molecule has 2 rings (SSSR count). The van der Waals surface area contributed by atoms with Gasteiger partial charge in [-0.15, -0.1) is 0 Å². The molecule has 0 unspecified atom stereocenters. The van der Waals surface area contributed by atoms with Crippen molar-refractivity contribution in [1.29, 1.82) is 0 Å². The van der Waals surface area contributed by atoms with E-state index in [0.717, 1.165) is 44.0 Å². The van der Waals surface area contributed by atoms with Crippen LogP contribution in [0.4, 0.5) is 4.79 Å². The first kappa shape index (κ1) is 11.9. The molecule has 0 radical (unpaired) electrons. The Hall–Kier alpha value is -1.56. The van der Waals surface area contributed by atoms with Gasteiger partial charge in [-0.05, 0) is 0 Å². The van der Waals surface area contributed by atoms with Gasteiger partial charge in [-0.3, -0.25) is 0 Å². The normalized spacial score (nSPS) is 14.4. The molecule has 2 amide bonds. The largest absolute Gasteiger partial charge is 0.352 e. The first-order chi connectivity index (χ1) is 8.22. The van der Waals surface area contributed by atoms with Crippen molar-refractivity contribution in [1.82, 2.24) is 20.2 Å². The van der Waals surface area contributed by atoms with E-state index in [0.29, 0.717) is 6.54 Å². The predicted molar refractivity (Wildman–Crippen MR) is 64.6 cm³/mol. The van der Waals surface area contributed by atoms with E-state index in [1.54, 1.807) is 0 Å². The Morgan fingerprint density at radius 1 is 1.65 bits per heavy atom. The lowest BCUT2D eigenvalue weighted by Gasteiger charge is -2.16. The predicted octanol–water partition coefficient (Wildman–Crippen LogP) is -0.240. The summed E-state index contributed by atoms with van der Waals surface area (Å²) in [6.07, 6.45) is 1.91. The van der Waals surface area contributed by atoms with Crippen molar-refractivity contribution in [3.8, 4) is 0 Å². The molecule has 1 aromatic heterocycles. The van der Waals surface area contributed by atoms with Crippen LogP contribution in [0, 0.1) is 0 Å². The molecular formula is C11H19N5O. The van der Waals surface area contributed by atoms with Crippen molar-refractivity contribution in [2.45, 2.75) is 32.9 Å². The lowest BCUT2D eigenvalue weighted by atomic mass is 10.2. The molecule has 1 aromatic rings. The quantitative estimate of drug-likeness (QED) is 0.675. The van der Waals surface area contributed by atoms with Crippen molar-refractivity contribution in [3.05, 3.63) is 17.2 Å². The number of nitrogens with zero attached hydrogens (tertiary/aromatic N) is 2. The zero-order chi connectivity index (χ0) is 12.3. The van der Waals surface area contributed by atoms with Crippen molar-refractivity contribution in [3.63, 3.8) is 0 Å². The number of carbonyl (C=O) groups is 1. The first-order valence-corrected chi connectivity index (χ1v) is 6.03. The number of fused-ring (bicyclic) bond motifs is 1. The summed E-state index contributed by atoms with van der Waals surface area (Å²) in [6.45, 7) is 5.23. The number of urea groups is 1. The molecule has 1 aliphatic rings. The molecule has 0 saturated heterocycles. The molecule has 2 heterocycles. The van der Waals surface area contributed by atoms with E-state index in [2.05, 4.69) is 27.1 Å². The van der Waals surface area contributed by atoms with E-state index in [-0.39, 0.29) is 0 Å². The van der Waals surface area contributed by atoms with Crippen molar-refractivity contribution < 1.29 is 4.79 Å². The van der Waals surface area contributed by atoms with Gasteiger partial charge in [0.25, 0.3) is 0 Å². The van der Waals surface area contributed by atoms with E-state index in [1.165, 1.54) is 5.69 Å². The highest BCUT2D eigenvalue weighted by Crippen LogP contribution is 2.16. The van der Waals surface area contributed by atoms with Crippen molar-refractivity contribution in [2.75, 3.05) is 13.1 Å². The third-order valence-electron chi connectivity index (χ3n) is 3.02. The molecule has 1 aliphatic heterocycles. The zero-order valence-electron chi connectivity index (χ0n) is 10.1. The molecule has 0 aliphatic carbocycles. The van der Waals surface area contributed by atoms with Gasteiger partial charge in [-0.2, -0.15) is 0 Å². The summed E-state index contributed by atoms with van der Waals surface area (Å²) in [5, 5.41) is 5.93. The van der Waals surface area contributed by atoms with Crippen molar-refractivity contribution >= 4 is 6.03 Å². The molecule has 0 saturated carbocycles. The van der Waals surface area contributed by atoms with E-state index in [4.69, 9.17) is 5.73 Å². The van der Waals surface area contributed by atoms with Crippen LogP contribution in [0.25, 0.3) is 0 Å². The van der Waals surface area contributed by atoms with Crippen LogP contribution in [0.3, 0.4) is 0 Å². The van der Waals surface area contributed by atoms with Gasteiger partial charge in [0.2, 0.25) is 0 Å². The minimum absolute atomic E-state index is 0.473. The summed E-state index contributed by atoms with van der Waals surface area (Å²) >= 11 is 0. The summed E-state index contributed by atoms with van der Waals surface area (Å²) in [5.41, 5.74) is 7.50. The van der Waals surface area contributed by atoms with Gasteiger partial charge >= 0.3 is 6.03 Å². The number of rotatable bonds is 4. The van der Waals surface area contributed by atoms with Gasteiger partial charge in [0.1, 0.15) is 5.82 Å². The molecule has 4 N–H and O–H groups in total. The number of amides is 2. The molecule has 0 spiro atoms. The average molecular weight is 237 g/mol. The van der Waals surface area contributed by atoms with Crippen LogP contribution < -0.4 is 16.4 Å². The number of primary amides is 1. The Morgan fingerprint density at radius 3 is 3.18 bits per heavy atom. The Morgan fingerprint density at radius 2 is 2.47 bits per heavy atom. The number of aromatic nitrogens is 2. The molecular weight excluding hydrogens is 218 g/mol. The second-order valence-corrected chi connectivity index (χ2v) is 4.14. The second kappa shape index (κ2) is 5.18. The van der Waals surface area contributed by atoms with Crippen LogP contribution in [0.2, 0.25) is 0 Å². The Labute approximate surface area is 101 Å². The van der Waals surface area contributed by atoms with E-state index in [9.17, 15) is 4.79 Å². The van der Waals surface area contributed by atoms with Gasteiger partial charge in [-0.25, -0.2) is 9.78 Å². The van der Waals surface area contributed by atoms with Gasteiger partial charge in [0.15, 0.2) is 0 Å². The van der Waals surface area contributed by atoms with Crippen LogP contribution in [-0.4, -0.2) is 28.7 Å². The van der Waals surface area contributed by atoms with E-state index >= 15 is 0 Å². The van der Waals surface area contributed by atoms with E-state index in [1.807, 2.05) is 0 Å². The Bertz CT molecular complexity index is 412. The third-order valence-corrected chi connectivity index (χ3v) is 3.02. The lowest BCUT2D eigenvalue weighted by Crippen LogP contribution is -2.33. The molecule has 0 atom stereocenters. The third kappa shape index (κ3) is 2.58. The fourth-order valence-corrected chi connectivity index (χ4v) is 2.25. The van der Waals surface area contributed by atoms with Crippen LogP contribution in [0.5, 0.6) is 0 Å². The lowest BCUT2D eigenvalue weighted by molar-refractivity contribution is 0.248. The van der Waals surface area contributed by atoms with E-state index < -0.39 is 6.03 Å². The minimum atomic E-state index is -0.473. The van der Waals surface area contributed by atoms with Gasteiger partial charge in [0, 0.05) is 44.7 Å². The topological polar surface area (TPSA) is 85.0 Å². The fraction of sp³-hybridized carbons (Fsp3) is 0.636. The number of hydrogen-bond donors (Lipinski definition) is 3. The van der Waals surface area contributed by atoms with Crippen LogP contribution in [-0.2, 0) is 25.9 Å². The van der Waals surface area contributed by atoms with Gasteiger partial charge in [0.05, 0.1) is 5.69 Å². The summed E-state index contributed by atoms with van der Waals surface area (Å²) in [5.74, 6) is 1.09. The number of nitrogens with two attached hydrogens (primary N) is 1. The molecule has 0 aromatic carbocycles. The van der Waals surface area contributed by atoms with Gasteiger partial charge in [-0.1, -0.05) is 6.92 Å². The molecule has 94 valence electrons. The smallest absolute Gasteiger partial charge is 0.312 e. The first-order valence-electron chi connectivity index (χ1n) is 6.03. The minimum Gasteiger partial charge on any atom is -0.352 e. The SMILES string of the molecule is CCc1nc2c(n1CCNC(N)=O)CCNC2. The highest BCUT2D eigenvalue weighted by molar-refractivity contribution is 5.71. The highest BCUT2D eigenvalue weighted by Gasteiger charge is 2.18. The maximum Gasteiger partial charge on any atom is 0.312 e. The standard InChI is InChI=1S/C11H19N5O/c1-2-10-15-8-7-13-4-3-9(8)16(10)6-5-14-11(12)17/h13H,2-7H2,1H3,(H3,12,14,17). The number of nitrogens with one attached hydrogen (secondary N) is 2. The fourth-order valence-electron chi connectivity index (χ4n) is 2.25. The second-order valence-electron chi connectivity index (χ2n) is 4.14. The maximum atomic E-state index is 10.6. The highest BCUT2D eigenvalue weighted by atomic mass is 16.2. The molecule has 0 fully saturated rings. The molecule has 6 heteroatoms. The zero-order valence-corrected chi connectivity index (χ0v) is 10.1. The van der Waals surface area contributed by atoms with Gasteiger partial charge < -0.3 is 20.9 Å². The summed E-state index contributed by atoms with van der Waals surface area (Å²) < 4.78 is 2.21. The van der Waals surface area contributed by atoms with Crippen LogP contribution >= 0.6 is 0 Å². The maximum absolute atomic E-state index is 10.6. The number of carbonyl (C=O) groups excluding carboxylic acids is 1. The van der Waals surface area contributed by atoms with Crippen molar-refractivity contribution in [2.24, 2.45) is 5.73 Å².